The number of aromatic nitrogens is 2. The molecule has 7 nitrogen and oxygen atoms in total. The summed E-state index contributed by atoms with van der Waals surface area (Å²) in [6.07, 6.45) is 6.89. The molecule has 0 spiro atoms. The third-order valence-corrected chi connectivity index (χ3v) is 8.06. The first-order valence-electron chi connectivity index (χ1n) is 11.5. The number of fused-ring (bicyclic) bond motifs is 1. The van der Waals surface area contributed by atoms with Crippen molar-refractivity contribution in [3.63, 3.8) is 0 Å². The fourth-order valence-corrected chi connectivity index (χ4v) is 5.68. The number of piperazine rings is 1. The summed E-state index contributed by atoms with van der Waals surface area (Å²) in [5.74, 6) is -0.136. The lowest BCUT2D eigenvalue weighted by atomic mass is 10.1. The summed E-state index contributed by atoms with van der Waals surface area (Å²) in [6, 6.07) is 22.9. The summed E-state index contributed by atoms with van der Waals surface area (Å²) in [6.45, 7) is 1.90. The standard InChI is InChI=1S/C27H26N4O3S/c32-27(13-10-23-19-28-30(21-23)20-22-6-2-1-3-7-22)29-14-16-31(17-15-29)35(33,34)26-12-11-24-8-4-5-9-25(24)18-26/h1-13,18-19,21H,14-17,20H2/b13-10+. The predicted molar refractivity (Wildman–Crippen MR) is 136 cm³/mol. The Balaban J connectivity index is 1.18. The van der Waals surface area contributed by atoms with Crippen LogP contribution in [0.25, 0.3) is 16.8 Å². The molecule has 0 saturated carbocycles. The predicted octanol–water partition coefficient (Wildman–Crippen LogP) is 3.63. The molecule has 5 rings (SSSR count). The minimum atomic E-state index is -3.61. The lowest BCUT2D eigenvalue weighted by Gasteiger charge is -2.33. The second-order valence-corrected chi connectivity index (χ2v) is 10.5. The average molecular weight is 487 g/mol. The Hall–Kier alpha value is -3.75. The van der Waals surface area contributed by atoms with E-state index in [1.807, 2.05) is 71.5 Å². The van der Waals surface area contributed by atoms with Gasteiger partial charge in [-0.1, -0.05) is 60.7 Å². The van der Waals surface area contributed by atoms with Gasteiger partial charge >= 0.3 is 0 Å². The van der Waals surface area contributed by atoms with E-state index < -0.39 is 10.0 Å². The molecule has 0 aliphatic carbocycles. The van der Waals surface area contributed by atoms with Crippen LogP contribution >= 0.6 is 0 Å². The highest BCUT2D eigenvalue weighted by Gasteiger charge is 2.29. The van der Waals surface area contributed by atoms with E-state index in [-0.39, 0.29) is 23.9 Å². The summed E-state index contributed by atoms with van der Waals surface area (Å²) in [5.41, 5.74) is 1.99. The third-order valence-electron chi connectivity index (χ3n) is 6.17. The van der Waals surface area contributed by atoms with E-state index in [0.29, 0.717) is 19.6 Å². The van der Waals surface area contributed by atoms with Gasteiger partial charge in [0.2, 0.25) is 15.9 Å². The van der Waals surface area contributed by atoms with Gasteiger partial charge in [0.25, 0.3) is 0 Å². The number of rotatable bonds is 6. The Kier molecular flexibility index (Phi) is 6.48. The van der Waals surface area contributed by atoms with Gasteiger partial charge < -0.3 is 4.90 Å². The van der Waals surface area contributed by atoms with Crippen molar-refractivity contribution >= 4 is 32.8 Å². The van der Waals surface area contributed by atoms with Crippen molar-refractivity contribution in [2.45, 2.75) is 11.4 Å². The molecule has 2 heterocycles. The van der Waals surface area contributed by atoms with Gasteiger partial charge in [-0.15, -0.1) is 0 Å². The first-order chi connectivity index (χ1) is 17.0. The molecule has 8 heteroatoms. The highest BCUT2D eigenvalue weighted by atomic mass is 32.2. The number of benzene rings is 3. The number of amides is 1. The number of hydrogen-bond acceptors (Lipinski definition) is 4. The molecular formula is C27H26N4O3S. The number of carbonyl (C=O) groups is 1. The lowest BCUT2D eigenvalue weighted by molar-refractivity contribution is -0.127. The third kappa shape index (κ3) is 5.18. The van der Waals surface area contributed by atoms with Crippen LogP contribution in [0.1, 0.15) is 11.1 Å². The van der Waals surface area contributed by atoms with E-state index in [1.54, 1.807) is 29.3 Å². The van der Waals surface area contributed by atoms with Gasteiger partial charge in [0.1, 0.15) is 0 Å². The van der Waals surface area contributed by atoms with Crippen molar-refractivity contribution in [2.24, 2.45) is 0 Å². The highest BCUT2D eigenvalue weighted by molar-refractivity contribution is 7.89. The van der Waals surface area contributed by atoms with Gasteiger partial charge in [0.05, 0.1) is 17.6 Å². The van der Waals surface area contributed by atoms with Crippen LogP contribution in [0.2, 0.25) is 0 Å². The highest BCUT2D eigenvalue weighted by Crippen LogP contribution is 2.23. The van der Waals surface area contributed by atoms with Gasteiger partial charge in [0, 0.05) is 44.0 Å². The largest absolute Gasteiger partial charge is 0.337 e. The van der Waals surface area contributed by atoms with Crippen molar-refractivity contribution in [2.75, 3.05) is 26.2 Å². The molecule has 0 radical (unpaired) electrons. The van der Waals surface area contributed by atoms with E-state index in [0.717, 1.165) is 21.9 Å². The summed E-state index contributed by atoms with van der Waals surface area (Å²) in [5, 5.41) is 6.24. The second-order valence-electron chi connectivity index (χ2n) is 8.53. The Morgan fingerprint density at radius 2 is 1.60 bits per heavy atom. The van der Waals surface area contributed by atoms with E-state index in [9.17, 15) is 13.2 Å². The van der Waals surface area contributed by atoms with Crippen molar-refractivity contribution in [3.8, 4) is 0 Å². The molecule has 178 valence electrons. The van der Waals surface area contributed by atoms with Crippen LogP contribution in [0.4, 0.5) is 0 Å². The van der Waals surface area contributed by atoms with Gasteiger partial charge in [-0.2, -0.15) is 9.40 Å². The van der Waals surface area contributed by atoms with E-state index in [4.69, 9.17) is 0 Å². The van der Waals surface area contributed by atoms with E-state index in [2.05, 4.69) is 5.10 Å². The Morgan fingerprint density at radius 1 is 0.886 bits per heavy atom. The van der Waals surface area contributed by atoms with Crippen LogP contribution < -0.4 is 0 Å². The van der Waals surface area contributed by atoms with E-state index >= 15 is 0 Å². The van der Waals surface area contributed by atoms with Crippen LogP contribution in [-0.4, -0.2) is 59.5 Å². The van der Waals surface area contributed by atoms with Gasteiger partial charge in [-0.25, -0.2) is 8.42 Å². The number of carbonyl (C=O) groups excluding carboxylic acids is 1. The molecular weight excluding hydrogens is 460 g/mol. The second kappa shape index (κ2) is 9.85. The number of hydrogen-bond donors (Lipinski definition) is 0. The zero-order valence-electron chi connectivity index (χ0n) is 19.2. The minimum absolute atomic E-state index is 0.136. The van der Waals surface area contributed by atoms with Gasteiger partial charge in [-0.3, -0.25) is 9.48 Å². The molecule has 1 fully saturated rings. The Bertz CT molecular complexity index is 1470. The zero-order chi connectivity index (χ0) is 24.3. The monoisotopic (exact) mass is 486 g/mol. The molecule has 3 aromatic carbocycles. The van der Waals surface area contributed by atoms with Crippen LogP contribution in [-0.2, 0) is 21.4 Å². The Labute approximate surface area is 205 Å². The molecule has 1 aliphatic rings. The maximum Gasteiger partial charge on any atom is 0.246 e. The lowest BCUT2D eigenvalue weighted by Crippen LogP contribution is -2.50. The number of sulfonamides is 1. The smallest absolute Gasteiger partial charge is 0.246 e. The molecule has 0 bridgehead atoms. The molecule has 1 aliphatic heterocycles. The molecule has 0 N–H and O–H groups in total. The normalized spacial score (nSPS) is 15.1. The maximum absolute atomic E-state index is 13.2. The van der Waals surface area contributed by atoms with Crippen LogP contribution in [0.5, 0.6) is 0 Å². The summed E-state index contributed by atoms with van der Waals surface area (Å²) < 4.78 is 29.6. The summed E-state index contributed by atoms with van der Waals surface area (Å²) in [7, 11) is -3.61. The molecule has 35 heavy (non-hydrogen) atoms. The molecule has 1 amide bonds. The quantitative estimate of drug-likeness (QED) is 0.390. The number of nitrogens with zero attached hydrogens (tertiary/aromatic N) is 4. The van der Waals surface area contributed by atoms with Crippen molar-refractivity contribution < 1.29 is 13.2 Å². The van der Waals surface area contributed by atoms with Gasteiger partial charge in [0.15, 0.2) is 0 Å². The molecule has 0 atom stereocenters. The van der Waals surface area contributed by atoms with Gasteiger partial charge in [-0.05, 0) is 34.5 Å². The molecule has 1 saturated heterocycles. The van der Waals surface area contributed by atoms with Crippen LogP contribution in [0.3, 0.4) is 0 Å². The molecule has 0 unspecified atom stereocenters. The van der Waals surface area contributed by atoms with Crippen molar-refractivity contribution in [1.82, 2.24) is 19.0 Å². The fraction of sp³-hybridized carbons (Fsp3) is 0.185. The maximum atomic E-state index is 13.2. The van der Waals surface area contributed by atoms with Crippen LogP contribution in [0, 0.1) is 0 Å². The minimum Gasteiger partial charge on any atom is -0.337 e. The molecule has 4 aromatic rings. The summed E-state index contributed by atoms with van der Waals surface area (Å²) >= 11 is 0. The van der Waals surface area contributed by atoms with Crippen LogP contribution in [0.15, 0.2) is 96.2 Å². The molecule has 1 aromatic heterocycles. The fourth-order valence-electron chi connectivity index (χ4n) is 4.22. The van der Waals surface area contributed by atoms with E-state index in [1.165, 1.54) is 10.4 Å². The zero-order valence-corrected chi connectivity index (χ0v) is 20.0. The summed E-state index contributed by atoms with van der Waals surface area (Å²) in [4.78, 5) is 14.6. The topological polar surface area (TPSA) is 75.5 Å². The first-order valence-corrected chi connectivity index (χ1v) is 13.0. The van der Waals surface area contributed by atoms with Crippen molar-refractivity contribution in [3.05, 3.63) is 102 Å². The average Bonchev–Trinajstić information content (AvgIpc) is 3.34. The first kappa shape index (κ1) is 23.0. The SMILES string of the molecule is O=C(/C=C/c1cnn(Cc2ccccc2)c1)N1CCN(S(=O)(=O)c2ccc3ccccc3c2)CC1. The Morgan fingerprint density at radius 3 is 2.37 bits per heavy atom. The van der Waals surface area contributed by atoms with Crippen molar-refractivity contribution in [1.29, 1.82) is 0 Å².